The summed E-state index contributed by atoms with van der Waals surface area (Å²) in [6.45, 7) is 2.68. The zero-order chi connectivity index (χ0) is 18.7. The lowest BCUT2D eigenvalue weighted by Crippen LogP contribution is -2.52. The number of amides is 1. The van der Waals surface area contributed by atoms with Crippen molar-refractivity contribution in [1.82, 2.24) is 9.62 Å². The van der Waals surface area contributed by atoms with Gasteiger partial charge in [0, 0.05) is 24.0 Å². The van der Waals surface area contributed by atoms with E-state index >= 15 is 0 Å². The Morgan fingerprint density at radius 1 is 1.27 bits per heavy atom. The van der Waals surface area contributed by atoms with Crippen LogP contribution in [0.4, 0.5) is 0 Å². The predicted octanol–water partition coefficient (Wildman–Crippen LogP) is 2.23. The van der Waals surface area contributed by atoms with Gasteiger partial charge in [0.25, 0.3) is 10.0 Å². The molecule has 8 heteroatoms. The molecule has 2 fully saturated rings. The Hall–Kier alpha value is -0.960. The Bertz CT molecular complexity index is 726. The van der Waals surface area contributed by atoms with Crippen molar-refractivity contribution in [3.05, 3.63) is 17.0 Å². The van der Waals surface area contributed by atoms with Crippen LogP contribution in [-0.4, -0.2) is 43.8 Å². The highest BCUT2D eigenvalue weighted by Gasteiger charge is 2.41. The minimum atomic E-state index is -3.62. The van der Waals surface area contributed by atoms with Crippen LogP contribution in [0.2, 0.25) is 0 Å². The number of rotatable bonds is 6. The highest BCUT2D eigenvalue weighted by Crippen LogP contribution is 2.31. The van der Waals surface area contributed by atoms with Gasteiger partial charge in [-0.05, 0) is 50.7 Å². The minimum Gasteiger partial charge on any atom is -0.350 e. The molecule has 6 nitrogen and oxygen atoms in total. The Labute approximate surface area is 160 Å². The number of hydrogen-bond donors (Lipinski definition) is 2. The van der Waals surface area contributed by atoms with Crippen molar-refractivity contribution in [2.75, 3.05) is 13.1 Å². The molecular weight excluding hydrogens is 370 g/mol. The number of thiophene rings is 1. The summed E-state index contributed by atoms with van der Waals surface area (Å²) in [5, 5.41) is 3.07. The average molecular weight is 400 g/mol. The molecule has 2 unspecified atom stereocenters. The highest BCUT2D eigenvalue weighted by atomic mass is 32.2. The van der Waals surface area contributed by atoms with Crippen LogP contribution in [0.3, 0.4) is 0 Å². The van der Waals surface area contributed by atoms with Crippen LogP contribution in [0.5, 0.6) is 0 Å². The first-order valence-electron chi connectivity index (χ1n) is 9.52. The molecule has 1 aromatic heterocycles. The first kappa shape index (κ1) is 19.8. The van der Waals surface area contributed by atoms with Crippen molar-refractivity contribution in [2.45, 2.75) is 68.2 Å². The summed E-state index contributed by atoms with van der Waals surface area (Å²) in [5.41, 5.74) is 5.92. The molecule has 0 radical (unpaired) electrons. The number of nitrogens with zero attached hydrogens (tertiary/aromatic N) is 1. The smallest absolute Gasteiger partial charge is 0.253 e. The third-order valence-corrected chi connectivity index (χ3v) is 8.96. The van der Waals surface area contributed by atoms with Crippen molar-refractivity contribution in [3.8, 4) is 0 Å². The third kappa shape index (κ3) is 4.13. The van der Waals surface area contributed by atoms with E-state index in [9.17, 15) is 13.2 Å². The molecule has 3 N–H and O–H groups in total. The van der Waals surface area contributed by atoms with Crippen LogP contribution in [0.15, 0.2) is 16.3 Å². The third-order valence-electron chi connectivity index (χ3n) is 5.59. The zero-order valence-corrected chi connectivity index (χ0v) is 16.9. The summed E-state index contributed by atoms with van der Waals surface area (Å²) in [6.07, 6.45) is 7.05. The SMILES string of the molecule is Cc1ccc(S(=O)(=O)N2CCCC2C(=O)NC(CN)C2CCCCC2)s1. The van der Waals surface area contributed by atoms with Crippen LogP contribution < -0.4 is 11.1 Å². The van der Waals surface area contributed by atoms with Gasteiger partial charge in [-0.15, -0.1) is 11.3 Å². The highest BCUT2D eigenvalue weighted by molar-refractivity contribution is 7.91. The van der Waals surface area contributed by atoms with Crippen LogP contribution in [0.1, 0.15) is 49.8 Å². The Kier molecular flexibility index (Phi) is 6.37. The number of nitrogens with one attached hydrogen (secondary N) is 1. The molecule has 2 heterocycles. The van der Waals surface area contributed by atoms with Gasteiger partial charge in [0.05, 0.1) is 0 Å². The zero-order valence-electron chi connectivity index (χ0n) is 15.3. The number of aryl methyl sites for hydroxylation is 1. The second-order valence-corrected chi connectivity index (χ2v) is 10.8. The number of nitrogens with two attached hydrogens (primary N) is 1. The lowest BCUT2D eigenvalue weighted by Gasteiger charge is -2.32. The lowest BCUT2D eigenvalue weighted by atomic mass is 9.84. The van der Waals surface area contributed by atoms with Gasteiger partial charge in [0.2, 0.25) is 5.91 Å². The van der Waals surface area contributed by atoms with Gasteiger partial charge in [0.15, 0.2) is 0 Å². The number of carbonyl (C=O) groups excluding carboxylic acids is 1. The van der Waals surface area contributed by atoms with Crippen molar-refractivity contribution in [1.29, 1.82) is 0 Å². The second kappa shape index (κ2) is 8.37. The fourth-order valence-electron chi connectivity index (χ4n) is 4.14. The predicted molar refractivity (Wildman–Crippen MR) is 104 cm³/mol. The first-order chi connectivity index (χ1) is 12.4. The largest absolute Gasteiger partial charge is 0.350 e. The van der Waals surface area contributed by atoms with Crippen LogP contribution in [0.25, 0.3) is 0 Å². The quantitative estimate of drug-likeness (QED) is 0.767. The van der Waals surface area contributed by atoms with Crippen molar-refractivity contribution in [2.24, 2.45) is 11.7 Å². The molecule has 1 aromatic rings. The Morgan fingerprint density at radius 2 is 2.00 bits per heavy atom. The molecule has 0 aromatic carbocycles. The van der Waals surface area contributed by atoms with Crippen LogP contribution >= 0.6 is 11.3 Å². The average Bonchev–Trinajstić information content (AvgIpc) is 3.30. The van der Waals surface area contributed by atoms with Crippen LogP contribution in [-0.2, 0) is 14.8 Å². The van der Waals surface area contributed by atoms with Crippen molar-refractivity contribution in [3.63, 3.8) is 0 Å². The van der Waals surface area contributed by atoms with E-state index in [-0.39, 0.29) is 11.9 Å². The topological polar surface area (TPSA) is 92.5 Å². The standard InChI is InChI=1S/C18H29N3O3S2/c1-13-9-10-17(25-13)26(23,24)21-11-5-8-16(21)18(22)20-15(12-19)14-6-3-2-4-7-14/h9-10,14-16H,2-8,11-12,19H2,1H3,(H,20,22). The molecule has 146 valence electrons. The molecule has 0 spiro atoms. The summed E-state index contributed by atoms with van der Waals surface area (Å²) < 4.78 is 27.6. The molecule has 1 amide bonds. The summed E-state index contributed by atoms with van der Waals surface area (Å²) in [7, 11) is -3.62. The first-order valence-corrected chi connectivity index (χ1v) is 11.8. The summed E-state index contributed by atoms with van der Waals surface area (Å²) >= 11 is 1.26. The van der Waals surface area contributed by atoms with E-state index < -0.39 is 16.1 Å². The summed E-state index contributed by atoms with van der Waals surface area (Å²) in [4.78, 5) is 13.8. The van der Waals surface area contributed by atoms with Gasteiger partial charge in [0.1, 0.15) is 10.3 Å². The van der Waals surface area contributed by atoms with E-state index in [0.717, 1.165) is 17.7 Å². The van der Waals surface area contributed by atoms with E-state index in [1.165, 1.54) is 34.9 Å². The van der Waals surface area contributed by atoms with E-state index in [1.54, 1.807) is 12.1 Å². The molecule has 0 bridgehead atoms. The Balaban J connectivity index is 1.71. The number of sulfonamides is 1. The number of hydrogen-bond acceptors (Lipinski definition) is 5. The second-order valence-electron chi connectivity index (χ2n) is 7.39. The molecular formula is C18H29N3O3S2. The molecule has 1 saturated carbocycles. The van der Waals surface area contributed by atoms with Gasteiger partial charge >= 0.3 is 0 Å². The van der Waals surface area contributed by atoms with E-state index in [2.05, 4.69) is 5.32 Å². The van der Waals surface area contributed by atoms with E-state index in [0.29, 0.717) is 36.1 Å². The molecule has 26 heavy (non-hydrogen) atoms. The van der Waals surface area contributed by atoms with Crippen molar-refractivity contribution < 1.29 is 13.2 Å². The maximum atomic E-state index is 13.0. The normalized spacial score (nSPS) is 23.8. The van der Waals surface area contributed by atoms with Gasteiger partial charge in [-0.1, -0.05) is 19.3 Å². The minimum absolute atomic E-state index is 0.0584. The van der Waals surface area contributed by atoms with Gasteiger partial charge in [-0.25, -0.2) is 8.42 Å². The fourth-order valence-corrected chi connectivity index (χ4v) is 7.21. The maximum absolute atomic E-state index is 13.0. The van der Waals surface area contributed by atoms with Gasteiger partial charge in [-0.2, -0.15) is 4.31 Å². The molecule has 3 rings (SSSR count). The lowest BCUT2D eigenvalue weighted by molar-refractivity contribution is -0.125. The van der Waals surface area contributed by atoms with Gasteiger partial charge in [-0.3, -0.25) is 4.79 Å². The Morgan fingerprint density at radius 3 is 2.62 bits per heavy atom. The molecule has 1 aliphatic carbocycles. The molecule has 1 saturated heterocycles. The number of carbonyl (C=O) groups is 1. The molecule has 2 aliphatic rings. The van der Waals surface area contributed by atoms with E-state index in [4.69, 9.17) is 5.73 Å². The van der Waals surface area contributed by atoms with E-state index in [1.807, 2.05) is 6.92 Å². The monoisotopic (exact) mass is 399 g/mol. The summed E-state index contributed by atoms with van der Waals surface area (Å²) in [6, 6.07) is 2.75. The maximum Gasteiger partial charge on any atom is 0.253 e. The molecule has 1 aliphatic heterocycles. The van der Waals surface area contributed by atoms with Crippen molar-refractivity contribution >= 4 is 27.3 Å². The van der Waals surface area contributed by atoms with Crippen LogP contribution in [0, 0.1) is 12.8 Å². The molecule has 2 atom stereocenters. The van der Waals surface area contributed by atoms with Gasteiger partial charge < -0.3 is 11.1 Å². The fraction of sp³-hybridized carbons (Fsp3) is 0.722. The summed E-state index contributed by atoms with van der Waals surface area (Å²) in [5.74, 6) is 0.212.